The topological polar surface area (TPSA) is 95.7 Å². The van der Waals surface area contributed by atoms with Gasteiger partial charge in [0, 0.05) is 19.0 Å². The van der Waals surface area contributed by atoms with Crippen LogP contribution in [0.2, 0.25) is 0 Å². The minimum Gasteiger partial charge on any atom is -0.481 e. The van der Waals surface area contributed by atoms with E-state index in [1.54, 1.807) is 0 Å². The molecule has 7 heteroatoms. The number of imidazole rings is 1. The van der Waals surface area contributed by atoms with Gasteiger partial charge in [-0.15, -0.1) is 0 Å². The van der Waals surface area contributed by atoms with Crippen molar-refractivity contribution in [1.29, 1.82) is 0 Å². The second kappa shape index (κ2) is 5.14. The molecule has 1 saturated heterocycles. The van der Waals surface area contributed by atoms with E-state index in [0.29, 0.717) is 18.7 Å². The third-order valence-corrected chi connectivity index (χ3v) is 4.50. The van der Waals surface area contributed by atoms with E-state index in [4.69, 9.17) is 0 Å². The molecule has 3 rings (SSSR count). The molecule has 2 unspecified atom stereocenters. The standard InChI is InChI=1S/C14H19N3O4/c1-16-6-4-8(7-16)12-15-10(14(20)21)11-9(13(18)19)3-2-5-17(11)12/h8-9H,2-7H2,1H3,(H,18,19)(H,20,21). The fourth-order valence-electron chi connectivity index (χ4n) is 3.52. The van der Waals surface area contributed by atoms with Crippen LogP contribution in [0.1, 0.15) is 53.1 Å². The van der Waals surface area contributed by atoms with Gasteiger partial charge < -0.3 is 19.7 Å². The van der Waals surface area contributed by atoms with Crippen LogP contribution in [0.3, 0.4) is 0 Å². The van der Waals surface area contributed by atoms with Gasteiger partial charge in [0.1, 0.15) is 5.82 Å². The van der Waals surface area contributed by atoms with Crippen LogP contribution in [-0.4, -0.2) is 56.7 Å². The summed E-state index contributed by atoms with van der Waals surface area (Å²) in [5.74, 6) is -1.92. The van der Waals surface area contributed by atoms with Crippen molar-refractivity contribution in [1.82, 2.24) is 14.5 Å². The Balaban J connectivity index is 2.09. The Morgan fingerprint density at radius 1 is 1.24 bits per heavy atom. The first-order valence-electron chi connectivity index (χ1n) is 7.24. The van der Waals surface area contributed by atoms with Crippen LogP contribution in [0.5, 0.6) is 0 Å². The van der Waals surface area contributed by atoms with Gasteiger partial charge in [-0.05, 0) is 32.9 Å². The van der Waals surface area contributed by atoms with E-state index in [9.17, 15) is 19.8 Å². The lowest BCUT2D eigenvalue weighted by Gasteiger charge is -2.24. The molecule has 114 valence electrons. The molecule has 2 aliphatic heterocycles. The minimum atomic E-state index is -1.13. The highest BCUT2D eigenvalue weighted by atomic mass is 16.4. The fourth-order valence-corrected chi connectivity index (χ4v) is 3.52. The summed E-state index contributed by atoms with van der Waals surface area (Å²) in [5, 5.41) is 18.7. The molecule has 0 bridgehead atoms. The smallest absolute Gasteiger partial charge is 0.356 e. The predicted molar refractivity (Wildman–Crippen MR) is 73.7 cm³/mol. The van der Waals surface area contributed by atoms with E-state index in [1.165, 1.54) is 0 Å². The molecule has 0 spiro atoms. The van der Waals surface area contributed by atoms with Crippen molar-refractivity contribution in [2.24, 2.45) is 0 Å². The average Bonchev–Trinajstić information content (AvgIpc) is 3.01. The number of likely N-dealkylation sites (N-methyl/N-ethyl adjacent to an activating group) is 1. The lowest BCUT2D eigenvalue weighted by Crippen LogP contribution is -2.25. The van der Waals surface area contributed by atoms with E-state index in [0.717, 1.165) is 31.8 Å². The second-order valence-electron chi connectivity index (χ2n) is 5.94. The van der Waals surface area contributed by atoms with Gasteiger partial charge >= 0.3 is 11.9 Å². The van der Waals surface area contributed by atoms with Crippen molar-refractivity contribution >= 4 is 11.9 Å². The largest absolute Gasteiger partial charge is 0.481 e. The number of aliphatic carboxylic acids is 1. The number of aromatic carboxylic acids is 1. The molecular weight excluding hydrogens is 274 g/mol. The van der Waals surface area contributed by atoms with Crippen LogP contribution in [0.25, 0.3) is 0 Å². The van der Waals surface area contributed by atoms with Crippen LogP contribution < -0.4 is 0 Å². The Morgan fingerprint density at radius 3 is 2.57 bits per heavy atom. The van der Waals surface area contributed by atoms with Crippen LogP contribution in [0.4, 0.5) is 0 Å². The Labute approximate surface area is 122 Å². The van der Waals surface area contributed by atoms with E-state index in [-0.39, 0.29) is 11.6 Å². The number of hydrogen-bond acceptors (Lipinski definition) is 4. The van der Waals surface area contributed by atoms with Crippen LogP contribution >= 0.6 is 0 Å². The number of hydrogen-bond donors (Lipinski definition) is 2. The van der Waals surface area contributed by atoms with Crippen molar-refractivity contribution in [2.45, 2.75) is 37.6 Å². The summed E-state index contributed by atoms with van der Waals surface area (Å²) in [6.45, 7) is 2.46. The fraction of sp³-hybridized carbons (Fsp3) is 0.643. The molecule has 0 saturated carbocycles. The van der Waals surface area contributed by atoms with Gasteiger partial charge in [-0.25, -0.2) is 9.78 Å². The first-order valence-corrected chi connectivity index (χ1v) is 7.24. The predicted octanol–water partition coefficient (Wildman–Crippen LogP) is 0.962. The highest BCUT2D eigenvalue weighted by Gasteiger charge is 2.37. The Bertz CT molecular complexity index is 595. The molecule has 1 aromatic heterocycles. The van der Waals surface area contributed by atoms with E-state index in [1.807, 2.05) is 11.6 Å². The van der Waals surface area contributed by atoms with Crippen molar-refractivity contribution in [3.8, 4) is 0 Å². The Morgan fingerprint density at radius 2 is 2.00 bits per heavy atom. The molecule has 2 aliphatic rings. The second-order valence-corrected chi connectivity index (χ2v) is 5.94. The summed E-state index contributed by atoms with van der Waals surface area (Å²) in [6, 6.07) is 0. The van der Waals surface area contributed by atoms with Crippen molar-refractivity contribution in [2.75, 3.05) is 20.1 Å². The molecule has 0 radical (unpaired) electrons. The summed E-state index contributed by atoms with van der Waals surface area (Å²) < 4.78 is 1.86. The normalized spacial score (nSPS) is 25.8. The molecule has 2 atom stereocenters. The highest BCUT2D eigenvalue weighted by Crippen LogP contribution is 2.35. The first kappa shape index (κ1) is 14.1. The van der Waals surface area contributed by atoms with Crippen LogP contribution in [0, 0.1) is 0 Å². The zero-order valence-electron chi connectivity index (χ0n) is 11.9. The van der Waals surface area contributed by atoms with E-state index < -0.39 is 17.9 Å². The molecule has 1 fully saturated rings. The van der Waals surface area contributed by atoms with Gasteiger partial charge in [0.15, 0.2) is 5.69 Å². The lowest BCUT2D eigenvalue weighted by atomic mass is 9.94. The SMILES string of the molecule is CN1CCC(c2nc(C(=O)O)c3n2CCCC3C(=O)O)C1. The molecule has 1 aromatic rings. The number of nitrogens with zero attached hydrogens (tertiary/aromatic N) is 3. The number of carboxylic acid groups (broad SMARTS) is 2. The third kappa shape index (κ3) is 2.31. The number of aromatic nitrogens is 2. The molecule has 0 aromatic carbocycles. The maximum absolute atomic E-state index is 11.5. The molecule has 0 aliphatic carbocycles. The summed E-state index contributed by atoms with van der Waals surface area (Å²) >= 11 is 0. The zero-order valence-corrected chi connectivity index (χ0v) is 11.9. The van der Waals surface area contributed by atoms with Crippen LogP contribution in [-0.2, 0) is 11.3 Å². The van der Waals surface area contributed by atoms with E-state index >= 15 is 0 Å². The number of carbonyl (C=O) groups is 2. The van der Waals surface area contributed by atoms with Crippen molar-refractivity contribution in [3.63, 3.8) is 0 Å². The van der Waals surface area contributed by atoms with Gasteiger partial charge in [-0.3, -0.25) is 4.79 Å². The molecule has 0 amide bonds. The average molecular weight is 293 g/mol. The zero-order chi connectivity index (χ0) is 15.1. The summed E-state index contributed by atoms with van der Waals surface area (Å²) in [6.07, 6.45) is 2.16. The van der Waals surface area contributed by atoms with Gasteiger partial charge in [0.05, 0.1) is 11.6 Å². The summed E-state index contributed by atoms with van der Waals surface area (Å²) in [5.41, 5.74) is 0.303. The number of likely N-dealkylation sites (tertiary alicyclic amines) is 1. The first-order chi connectivity index (χ1) is 9.99. The molecule has 7 nitrogen and oxygen atoms in total. The third-order valence-electron chi connectivity index (χ3n) is 4.50. The van der Waals surface area contributed by atoms with Gasteiger partial charge in [0.2, 0.25) is 0 Å². The Hall–Kier alpha value is -1.89. The van der Waals surface area contributed by atoms with Crippen LogP contribution in [0.15, 0.2) is 0 Å². The summed E-state index contributed by atoms with van der Waals surface area (Å²) in [4.78, 5) is 29.4. The highest BCUT2D eigenvalue weighted by molar-refractivity contribution is 5.90. The van der Waals surface area contributed by atoms with Gasteiger partial charge in [-0.2, -0.15) is 0 Å². The summed E-state index contributed by atoms with van der Waals surface area (Å²) in [7, 11) is 2.03. The number of rotatable bonds is 3. The van der Waals surface area contributed by atoms with Crippen molar-refractivity contribution in [3.05, 3.63) is 17.2 Å². The van der Waals surface area contributed by atoms with E-state index in [2.05, 4.69) is 9.88 Å². The minimum absolute atomic E-state index is 0.0772. The number of carboxylic acids is 2. The molecule has 21 heavy (non-hydrogen) atoms. The maximum Gasteiger partial charge on any atom is 0.356 e. The van der Waals surface area contributed by atoms with Gasteiger partial charge in [0.25, 0.3) is 0 Å². The van der Waals surface area contributed by atoms with Crippen molar-refractivity contribution < 1.29 is 19.8 Å². The van der Waals surface area contributed by atoms with Gasteiger partial charge in [-0.1, -0.05) is 0 Å². The molecule has 3 heterocycles. The Kier molecular flexibility index (Phi) is 3.44. The number of fused-ring (bicyclic) bond motifs is 1. The lowest BCUT2D eigenvalue weighted by molar-refractivity contribution is -0.139. The monoisotopic (exact) mass is 293 g/mol. The maximum atomic E-state index is 11.5. The quantitative estimate of drug-likeness (QED) is 0.862. The molecular formula is C14H19N3O4. The molecule has 2 N–H and O–H groups in total.